The molecule has 2 aromatic rings. The van der Waals surface area contributed by atoms with Crippen molar-refractivity contribution in [1.82, 2.24) is 4.90 Å². The Balaban J connectivity index is 1.92. The average Bonchev–Trinajstić information content (AvgIpc) is 3.12. The lowest BCUT2D eigenvalue weighted by Crippen LogP contribution is -2.28. The molecule has 1 aliphatic heterocycles. The molecule has 1 aliphatic rings. The predicted molar refractivity (Wildman–Crippen MR) is 148 cm³/mol. The molecule has 7 nitrogen and oxygen atoms in total. The fraction of sp³-hybridized carbons (Fsp3) is 0.346. The standard InChI is InChI=1S/C26H29IN2O5S/c1-5-18-11-9-10-12-20(18)28-26-29(6-2)25(31)22(35-26)15-17-13-19(27)24(21(14-17)32-7-3)34-16-23(30)33-8-4/h9-15H,5-8,16H2,1-4H3/b22-15+,28-26?. The molecule has 9 heteroatoms. The minimum atomic E-state index is -0.444. The second kappa shape index (κ2) is 13.0. The Hall–Kier alpha value is -2.53. The summed E-state index contributed by atoms with van der Waals surface area (Å²) in [5, 5.41) is 0.666. The average molecular weight is 608 g/mol. The molecule has 0 saturated carbocycles. The van der Waals surface area contributed by atoms with Crippen molar-refractivity contribution in [3.8, 4) is 11.5 Å². The van der Waals surface area contributed by atoms with E-state index in [1.54, 1.807) is 11.8 Å². The smallest absolute Gasteiger partial charge is 0.344 e. The number of amides is 1. The van der Waals surface area contributed by atoms with E-state index in [1.165, 1.54) is 11.8 Å². The van der Waals surface area contributed by atoms with E-state index < -0.39 is 5.97 Å². The van der Waals surface area contributed by atoms with Crippen molar-refractivity contribution in [2.24, 2.45) is 4.99 Å². The van der Waals surface area contributed by atoms with Gasteiger partial charge in [-0.05, 0) is 96.9 Å². The minimum Gasteiger partial charge on any atom is -0.490 e. The Bertz CT molecular complexity index is 1150. The van der Waals surface area contributed by atoms with E-state index in [4.69, 9.17) is 19.2 Å². The van der Waals surface area contributed by atoms with Crippen LogP contribution in [-0.2, 0) is 20.7 Å². The van der Waals surface area contributed by atoms with Gasteiger partial charge in [0.25, 0.3) is 5.91 Å². The van der Waals surface area contributed by atoms with Gasteiger partial charge in [-0.3, -0.25) is 9.69 Å². The highest BCUT2D eigenvalue weighted by molar-refractivity contribution is 14.1. The van der Waals surface area contributed by atoms with Crippen molar-refractivity contribution in [3.63, 3.8) is 0 Å². The van der Waals surface area contributed by atoms with Crippen LogP contribution < -0.4 is 9.47 Å². The highest BCUT2D eigenvalue weighted by atomic mass is 127. The highest BCUT2D eigenvalue weighted by Crippen LogP contribution is 2.38. The van der Waals surface area contributed by atoms with Crippen molar-refractivity contribution >= 4 is 63.2 Å². The Morgan fingerprint density at radius 3 is 2.57 bits per heavy atom. The van der Waals surface area contributed by atoms with Crippen LogP contribution in [0.3, 0.4) is 0 Å². The monoisotopic (exact) mass is 608 g/mol. The summed E-state index contributed by atoms with van der Waals surface area (Å²) in [5.41, 5.74) is 2.81. The number of nitrogens with zero attached hydrogens (tertiary/aromatic N) is 2. The quantitative estimate of drug-likeness (QED) is 0.192. The van der Waals surface area contributed by atoms with Crippen LogP contribution in [-0.4, -0.2) is 48.3 Å². The van der Waals surface area contributed by atoms with Crippen molar-refractivity contribution in [1.29, 1.82) is 0 Å². The Kier molecular flexibility index (Phi) is 10.0. The fourth-order valence-electron chi connectivity index (χ4n) is 3.45. The predicted octanol–water partition coefficient (Wildman–Crippen LogP) is 5.82. The highest BCUT2D eigenvalue weighted by Gasteiger charge is 2.32. The largest absolute Gasteiger partial charge is 0.490 e. The lowest BCUT2D eigenvalue weighted by molar-refractivity contribution is -0.145. The summed E-state index contributed by atoms with van der Waals surface area (Å²) in [7, 11) is 0. The maximum absolute atomic E-state index is 13.1. The molecule has 2 aromatic carbocycles. The van der Waals surface area contributed by atoms with Gasteiger partial charge in [0.15, 0.2) is 23.3 Å². The van der Waals surface area contributed by atoms with E-state index in [-0.39, 0.29) is 12.5 Å². The normalized spacial score (nSPS) is 15.7. The molecule has 1 fully saturated rings. The number of ether oxygens (including phenoxy) is 3. The number of carbonyl (C=O) groups excluding carboxylic acids is 2. The van der Waals surface area contributed by atoms with Crippen LogP contribution >= 0.6 is 34.4 Å². The fourth-order valence-corrected chi connectivity index (χ4v) is 5.29. The topological polar surface area (TPSA) is 77.4 Å². The molecule has 0 aromatic heterocycles. The number of likely N-dealkylation sites (N-methyl/N-ethyl adjacent to an activating group) is 1. The number of esters is 1. The second-order valence-electron chi connectivity index (χ2n) is 7.39. The first-order chi connectivity index (χ1) is 16.9. The summed E-state index contributed by atoms with van der Waals surface area (Å²) in [6.07, 6.45) is 2.70. The maximum atomic E-state index is 13.1. The number of aliphatic imine (C=N–C) groups is 1. The molecule has 0 unspecified atom stereocenters. The number of rotatable bonds is 10. The van der Waals surface area contributed by atoms with Gasteiger partial charge in [0, 0.05) is 6.54 Å². The number of benzene rings is 2. The molecule has 0 bridgehead atoms. The van der Waals surface area contributed by atoms with Crippen LogP contribution in [0, 0.1) is 3.57 Å². The zero-order chi connectivity index (χ0) is 25.4. The summed E-state index contributed by atoms with van der Waals surface area (Å²) in [6, 6.07) is 11.7. The van der Waals surface area contributed by atoms with Crippen LogP contribution in [0.4, 0.5) is 5.69 Å². The zero-order valence-corrected chi connectivity index (χ0v) is 23.3. The van der Waals surface area contributed by atoms with Crippen molar-refractivity contribution in [2.45, 2.75) is 34.1 Å². The first-order valence-electron chi connectivity index (χ1n) is 11.5. The number of halogens is 1. The summed E-state index contributed by atoms with van der Waals surface area (Å²) in [4.78, 5) is 32.0. The molecule has 0 atom stereocenters. The molecular formula is C26H29IN2O5S. The lowest BCUT2D eigenvalue weighted by atomic mass is 10.1. The molecule has 186 valence electrons. The van der Waals surface area contributed by atoms with E-state index in [1.807, 2.05) is 50.3 Å². The molecule has 35 heavy (non-hydrogen) atoms. The van der Waals surface area contributed by atoms with Crippen molar-refractivity contribution in [3.05, 3.63) is 56.0 Å². The molecule has 1 saturated heterocycles. The van der Waals surface area contributed by atoms with Crippen LogP contribution in [0.15, 0.2) is 46.3 Å². The number of hydrogen-bond donors (Lipinski definition) is 0. The second-order valence-corrected chi connectivity index (χ2v) is 9.56. The van der Waals surface area contributed by atoms with Gasteiger partial charge in [-0.1, -0.05) is 25.1 Å². The lowest BCUT2D eigenvalue weighted by Gasteiger charge is -2.14. The number of amidine groups is 1. The van der Waals surface area contributed by atoms with Crippen LogP contribution in [0.25, 0.3) is 6.08 Å². The van der Waals surface area contributed by atoms with Crippen molar-refractivity contribution < 1.29 is 23.8 Å². The number of para-hydroxylation sites is 1. The zero-order valence-electron chi connectivity index (χ0n) is 20.3. The van der Waals surface area contributed by atoms with Gasteiger partial charge < -0.3 is 14.2 Å². The summed E-state index contributed by atoms with van der Waals surface area (Å²) in [6.45, 7) is 8.69. The number of carbonyl (C=O) groups is 2. The summed E-state index contributed by atoms with van der Waals surface area (Å²) < 4.78 is 17.2. The molecule has 0 spiro atoms. The Labute approximate surface area is 224 Å². The van der Waals surface area contributed by atoms with Crippen LogP contribution in [0.1, 0.15) is 38.8 Å². The molecule has 0 N–H and O–H groups in total. The third-order valence-corrected chi connectivity index (χ3v) is 6.87. The number of aryl methyl sites for hydroxylation is 1. The maximum Gasteiger partial charge on any atom is 0.344 e. The van der Waals surface area contributed by atoms with Gasteiger partial charge in [-0.15, -0.1) is 0 Å². The molecular weight excluding hydrogens is 579 g/mol. The van der Waals surface area contributed by atoms with E-state index in [2.05, 4.69) is 35.6 Å². The Morgan fingerprint density at radius 2 is 1.89 bits per heavy atom. The van der Waals surface area contributed by atoms with Gasteiger partial charge in [-0.2, -0.15) is 0 Å². The Morgan fingerprint density at radius 1 is 1.11 bits per heavy atom. The van der Waals surface area contributed by atoms with Gasteiger partial charge in [0.1, 0.15) is 0 Å². The van der Waals surface area contributed by atoms with Crippen molar-refractivity contribution in [2.75, 3.05) is 26.4 Å². The van der Waals surface area contributed by atoms with Gasteiger partial charge >= 0.3 is 5.97 Å². The van der Waals surface area contributed by atoms with E-state index in [0.29, 0.717) is 41.3 Å². The van der Waals surface area contributed by atoms with E-state index in [9.17, 15) is 9.59 Å². The molecule has 3 rings (SSSR count). The van der Waals surface area contributed by atoms with Gasteiger partial charge in [0.2, 0.25) is 0 Å². The van der Waals surface area contributed by atoms with Gasteiger partial charge in [0.05, 0.1) is 27.4 Å². The number of thioether (sulfide) groups is 1. The third kappa shape index (κ3) is 6.78. The molecule has 0 radical (unpaired) electrons. The van der Waals surface area contributed by atoms with Crippen LogP contribution in [0.5, 0.6) is 11.5 Å². The third-order valence-electron chi connectivity index (χ3n) is 5.06. The minimum absolute atomic E-state index is 0.0826. The summed E-state index contributed by atoms with van der Waals surface area (Å²) in [5.74, 6) is 0.452. The SMILES string of the molecule is CCOC(=O)COc1c(I)cc(/C=C2/SC(=Nc3ccccc3CC)N(CC)C2=O)cc1OCC. The number of hydrogen-bond acceptors (Lipinski definition) is 7. The van der Waals surface area contributed by atoms with Crippen LogP contribution in [0.2, 0.25) is 0 Å². The molecule has 1 amide bonds. The first-order valence-corrected chi connectivity index (χ1v) is 13.4. The summed E-state index contributed by atoms with van der Waals surface area (Å²) >= 11 is 3.50. The van der Waals surface area contributed by atoms with E-state index in [0.717, 1.165) is 26.8 Å². The van der Waals surface area contributed by atoms with Gasteiger partial charge in [-0.25, -0.2) is 9.79 Å². The molecule has 1 heterocycles. The molecule has 0 aliphatic carbocycles. The first kappa shape index (κ1) is 27.1. The van der Waals surface area contributed by atoms with E-state index >= 15 is 0 Å².